The first-order valence-electron chi connectivity index (χ1n) is 7.54. The third kappa shape index (κ3) is 10.2. The molecule has 0 heterocycles. The molecule has 128 valence electrons. The number of unbranched alkanes of at least 4 members (excludes halogenated alkanes) is 3. The topological polar surface area (TPSA) is 126 Å². The summed E-state index contributed by atoms with van der Waals surface area (Å²) < 4.78 is 4.43. The molecule has 0 aromatic rings. The van der Waals surface area contributed by atoms with Gasteiger partial charge in [-0.05, 0) is 25.3 Å². The van der Waals surface area contributed by atoms with Crippen LogP contribution in [0.1, 0.15) is 51.9 Å². The van der Waals surface area contributed by atoms with E-state index in [1.165, 1.54) is 14.0 Å². The van der Waals surface area contributed by atoms with Crippen molar-refractivity contribution < 1.29 is 23.9 Å². The van der Waals surface area contributed by atoms with Crippen molar-refractivity contribution >= 4 is 23.3 Å². The highest BCUT2D eigenvalue weighted by Crippen LogP contribution is 2.17. The summed E-state index contributed by atoms with van der Waals surface area (Å²) in [6, 6.07) is 0. The van der Waals surface area contributed by atoms with Gasteiger partial charge in [-0.15, -0.1) is 0 Å². The molecule has 0 fully saturated rings. The molecule has 23 heavy (non-hydrogen) atoms. The molecule has 0 saturated carbocycles. The SMILES string of the molecule is COC(=O)CC(=O)C(CCCCCCN=[N+]=[N-])C(=O)CC(C)=O. The van der Waals surface area contributed by atoms with Crippen LogP contribution in [0.2, 0.25) is 0 Å². The Kier molecular flexibility index (Phi) is 11.2. The Morgan fingerprint density at radius 2 is 1.65 bits per heavy atom. The molecule has 0 aromatic heterocycles. The molecular weight excluding hydrogens is 302 g/mol. The lowest BCUT2D eigenvalue weighted by Crippen LogP contribution is -2.27. The van der Waals surface area contributed by atoms with Gasteiger partial charge in [-0.2, -0.15) is 0 Å². The number of carbonyl (C=O) groups is 4. The lowest BCUT2D eigenvalue weighted by atomic mass is 9.88. The highest BCUT2D eigenvalue weighted by Gasteiger charge is 2.28. The fraction of sp³-hybridized carbons (Fsp3) is 0.733. The van der Waals surface area contributed by atoms with E-state index in [4.69, 9.17) is 5.53 Å². The van der Waals surface area contributed by atoms with Crippen LogP contribution in [0.4, 0.5) is 0 Å². The number of nitrogens with zero attached hydrogens (tertiary/aromatic N) is 3. The molecule has 0 radical (unpaired) electrons. The van der Waals surface area contributed by atoms with Gasteiger partial charge in [0.2, 0.25) is 0 Å². The maximum atomic E-state index is 12.1. The van der Waals surface area contributed by atoms with Crippen LogP contribution in [0.5, 0.6) is 0 Å². The summed E-state index contributed by atoms with van der Waals surface area (Å²) in [4.78, 5) is 49.0. The summed E-state index contributed by atoms with van der Waals surface area (Å²) in [7, 11) is 1.17. The average Bonchev–Trinajstić information content (AvgIpc) is 2.48. The van der Waals surface area contributed by atoms with Crippen LogP contribution in [-0.4, -0.2) is 37.0 Å². The van der Waals surface area contributed by atoms with E-state index < -0.39 is 29.9 Å². The van der Waals surface area contributed by atoms with E-state index in [2.05, 4.69) is 14.8 Å². The van der Waals surface area contributed by atoms with Crippen molar-refractivity contribution in [2.24, 2.45) is 11.0 Å². The van der Waals surface area contributed by atoms with Crippen LogP contribution in [0, 0.1) is 5.92 Å². The molecule has 0 aromatic carbocycles. The first kappa shape index (κ1) is 20.8. The van der Waals surface area contributed by atoms with Crippen LogP contribution < -0.4 is 0 Å². The van der Waals surface area contributed by atoms with Gasteiger partial charge in [-0.3, -0.25) is 19.2 Å². The third-order valence-corrected chi connectivity index (χ3v) is 3.31. The van der Waals surface area contributed by atoms with E-state index in [1.54, 1.807) is 0 Å². The van der Waals surface area contributed by atoms with Crippen molar-refractivity contribution in [1.29, 1.82) is 0 Å². The third-order valence-electron chi connectivity index (χ3n) is 3.31. The maximum Gasteiger partial charge on any atom is 0.313 e. The molecule has 1 atom stereocenters. The highest BCUT2D eigenvalue weighted by atomic mass is 16.5. The number of methoxy groups -OCH3 is 1. The Labute approximate surface area is 135 Å². The summed E-state index contributed by atoms with van der Waals surface area (Å²) in [6.45, 7) is 1.71. The average molecular weight is 325 g/mol. The van der Waals surface area contributed by atoms with E-state index in [0.717, 1.165) is 19.3 Å². The van der Waals surface area contributed by atoms with Crippen LogP contribution in [0.3, 0.4) is 0 Å². The van der Waals surface area contributed by atoms with Gasteiger partial charge in [-0.1, -0.05) is 24.4 Å². The Hall–Kier alpha value is -2.21. The number of carbonyl (C=O) groups excluding carboxylic acids is 4. The number of azide groups is 1. The Morgan fingerprint density at radius 1 is 1.04 bits per heavy atom. The number of ketones is 3. The minimum atomic E-state index is -0.935. The fourth-order valence-electron chi connectivity index (χ4n) is 2.14. The highest BCUT2D eigenvalue weighted by molar-refractivity contribution is 6.12. The standard InChI is InChI=1S/C15H23N3O5/c1-11(19)9-13(20)12(14(21)10-15(22)23-2)7-5-3-4-6-8-17-18-16/h12H,3-10H2,1-2H3. The second-order valence-corrected chi connectivity index (χ2v) is 5.27. The zero-order chi connectivity index (χ0) is 17.7. The molecule has 0 bridgehead atoms. The lowest BCUT2D eigenvalue weighted by Gasteiger charge is -2.13. The predicted molar refractivity (Wildman–Crippen MR) is 82.5 cm³/mol. The fourth-order valence-corrected chi connectivity index (χ4v) is 2.14. The largest absolute Gasteiger partial charge is 0.469 e. The van der Waals surface area contributed by atoms with Gasteiger partial charge in [0.05, 0.1) is 19.4 Å². The van der Waals surface area contributed by atoms with Gasteiger partial charge in [0, 0.05) is 11.5 Å². The van der Waals surface area contributed by atoms with Crippen LogP contribution in [-0.2, 0) is 23.9 Å². The normalized spacial score (nSPS) is 11.2. The van der Waals surface area contributed by atoms with Crippen molar-refractivity contribution in [3.63, 3.8) is 0 Å². The van der Waals surface area contributed by atoms with Crippen molar-refractivity contribution in [2.45, 2.75) is 51.9 Å². The monoisotopic (exact) mass is 325 g/mol. The van der Waals surface area contributed by atoms with E-state index >= 15 is 0 Å². The summed E-state index contributed by atoms with van der Waals surface area (Å²) in [6.07, 6.45) is 2.51. The Morgan fingerprint density at radius 3 is 2.22 bits per heavy atom. The van der Waals surface area contributed by atoms with Gasteiger partial charge in [0.15, 0.2) is 11.6 Å². The summed E-state index contributed by atoms with van der Waals surface area (Å²) >= 11 is 0. The first-order chi connectivity index (χ1) is 10.9. The van der Waals surface area contributed by atoms with E-state index in [1.807, 2.05) is 0 Å². The van der Waals surface area contributed by atoms with Crippen molar-refractivity contribution in [3.8, 4) is 0 Å². The summed E-state index contributed by atoms with van der Waals surface area (Å²) in [5.41, 5.74) is 8.15. The maximum absolute atomic E-state index is 12.1. The number of esters is 1. The van der Waals surface area contributed by atoms with E-state index in [9.17, 15) is 19.2 Å². The molecule has 8 nitrogen and oxygen atoms in total. The molecule has 8 heteroatoms. The predicted octanol–water partition coefficient (Wildman–Crippen LogP) is 2.54. The van der Waals surface area contributed by atoms with Crippen LogP contribution in [0.25, 0.3) is 10.4 Å². The van der Waals surface area contributed by atoms with Crippen molar-refractivity contribution in [3.05, 3.63) is 10.4 Å². The quantitative estimate of drug-likeness (QED) is 0.128. The lowest BCUT2D eigenvalue weighted by molar-refractivity contribution is -0.145. The number of hydrogen-bond acceptors (Lipinski definition) is 6. The van der Waals surface area contributed by atoms with Crippen LogP contribution in [0.15, 0.2) is 5.11 Å². The van der Waals surface area contributed by atoms with Gasteiger partial charge in [0.1, 0.15) is 12.2 Å². The minimum absolute atomic E-state index is 0.297. The Balaban J connectivity index is 4.45. The van der Waals surface area contributed by atoms with Gasteiger partial charge < -0.3 is 4.74 Å². The van der Waals surface area contributed by atoms with Crippen molar-refractivity contribution in [2.75, 3.05) is 13.7 Å². The molecular formula is C15H23N3O5. The summed E-state index contributed by atoms with van der Waals surface area (Å²) in [5.74, 6) is -2.88. The number of hydrogen-bond donors (Lipinski definition) is 0. The second kappa shape index (κ2) is 12.3. The van der Waals surface area contributed by atoms with E-state index in [-0.39, 0.29) is 12.2 Å². The molecule has 1 unspecified atom stereocenters. The Bertz CT molecular complexity index is 484. The minimum Gasteiger partial charge on any atom is -0.469 e. The molecule has 0 amide bonds. The molecule has 0 saturated heterocycles. The molecule has 0 aliphatic carbocycles. The summed E-state index contributed by atoms with van der Waals surface area (Å²) in [5, 5.41) is 3.42. The molecule has 0 aliphatic heterocycles. The molecule has 0 aliphatic rings. The zero-order valence-electron chi connectivity index (χ0n) is 13.6. The van der Waals surface area contributed by atoms with Crippen LogP contribution >= 0.6 is 0 Å². The molecule has 0 spiro atoms. The number of ether oxygens (including phenoxy) is 1. The first-order valence-corrected chi connectivity index (χ1v) is 7.54. The number of rotatable bonds is 13. The molecule has 0 rings (SSSR count). The zero-order valence-corrected chi connectivity index (χ0v) is 13.6. The smallest absolute Gasteiger partial charge is 0.313 e. The van der Waals surface area contributed by atoms with E-state index in [0.29, 0.717) is 19.4 Å². The van der Waals surface area contributed by atoms with Gasteiger partial charge in [-0.25, -0.2) is 0 Å². The number of Topliss-reactive ketones (excluding diaryl/α,β-unsaturated/α-hetero) is 3. The van der Waals surface area contributed by atoms with Gasteiger partial charge in [0.25, 0.3) is 0 Å². The van der Waals surface area contributed by atoms with Gasteiger partial charge >= 0.3 is 5.97 Å². The van der Waals surface area contributed by atoms with Crippen molar-refractivity contribution in [1.82, 2.24) is 0 Å². The molecule has 0 N–H and O–H groups in total. The second-order valence-electron chi connectivity index (χ2n) is 5.27.